The maximum atomic E-state index is 14.2. The summed E-state index contributed by atoms with van der Waals surface area (Å²) in [5.74, 6) is 0. The van der Waals surface area contributed by atoms with E-state index < -0.39 is 43.5 Å². The average molecular weight is 579 g/mol. The Morgan fingerprint density at radius 3 is 2.17 bits per heavy atom. The Hall–Kier alpha value is -4.52. The van der Waals surface area contributed by atoms with E-state index in [1.54, 1.807) is 6.92 Å². The number of sulfonamides is 1. The maximum absolute atomic E-state index is 14.2. The molecule has 1 heterocycles. The molecule has 0 saturated carbocycles. The number of rotatable bonds is 6. The van der Waals surface area contributed by atoms with E-state index in [4.69, 9.17) is 0 Å². The fourth-order valence-corrected chi connectivity index (χ4v) is 6.95. The molecule has 204 valence electrons. The van der Waals surface area contributed by atoms with Crippen LogP contribution in [0.15, 0.2) is 87.8 Å². The summed E-state index contributed by atoms with van der Waals surface area (Å²) in [6.07, 6.45) is 0.883. The highest BCUT2D eigenvalue weighted by Crippen LogP contribution is 2.44. The van der Waals surface area contributed by atoms with Crippen LogP contribution in [0.1, 0.15) is 35.2 Å². The lowest BCUT2D eigenvalue weighted by Gasteiger charge is -2.41. The van der Waals surface area contributed by atoms with Gasteiger partial charge in [-0.3, -0.25) is 4.90 Å². The fourth-order valence-electron chi connectivity index (χ4n) is 4.51. The van der Waals surface area contributed by atoms with Crippen LogP contribution in [-0.4, -0.2) is 33.4 Å². The van der Waals surface area contributed by atoms with Gasteiger partial charge in [-0.05, 0) is 61.4 Å². The Kier molecular flexibility index (Phi) is 7.52. The van der Waals surface area contributed by atoms with E-state index in [1.165, 1.54) is 67.6 Å². The molecule has 1 aliphatic heterocycles. The molecule has 1 aliphatic rings. The molecule has 3 aromatic rings. The molecular weight excluding hydrogens is 555 g/mol. The van der Waals surface area contributed by atoms with Crippen molar-refractivity contribution in [2.45, 2.75) is 36.4 Å². The van der Waals surface area contributed by atoms with Crippen LogP contribution in [0.4, 0.5) is 14.9 Å². The first-order valence-electron chi connectivity index (χ1n) is 11.8. The number of urea groups is 1. The van der Waals surface area contributed by atoms with Crippen molar-refractivity contribution in [2.24, 2.45) is 0 Å². The van der Waals surface area contributed by atoms with Crippen molar-refractivity contribution < 1.29 is 26.0 Å². The van der Waals surface area contributed by atoms with Crippen molar-refractivity contribution >= 4 is 31.6 Å². The molecule has 0 aliphatic carbocycles. The molecule has 0 unspecified atom stereocenters. The topological polar surface area (TPSA) is 139 Å². The van der Waals surface area contributed by atoms with Crippen molar-refractivity contribution in [1.82, 2.24) is 4.31 Å². The third-order valence-electron chi connectivity index (χ3n) is 6.47. The first-order valence-corrected chi connectivity index (χ1v) is 15.1. The summed E-state index contributed by atoms with van der Waals surface area (Å²) in [7, 11) is -8.77. The maximum Gasteiger partial charge on any atom is 0.343 e. The molecule has 3 aromatic carbocycles. The Bertz CT molecular complexity index is 1860. The molecule has 9 nitrogen and oxygen atoms in total. The Labute approximate surface area is 232 Å². The van der Waals surface area contributed by atoms with Gasteiger partial charge in [-0.2, -0.15) is 10.5 Å². The van der Waals surface area contributed by atoms with E-state index in [-0.39, 0.29) is 38.5 Å². The Morgan fingerprint density at radius 1 is 0.925 bits per heavy atom. The summed E-state index contributed by atoms with van der Waals surface area (Å²) in [6, 6.07) is 16.1. The quantitative estimate of drug-likeness (QED) is 0.405. The number of hydrogen-bond donors (Lipinski definition) is 0. The molecule has 0 spiro atoms. The van der Waals surface area contributed by atoms with Gasteiger partial charge < -0.3 is 0 Å². The van der Waals surface area contributed by atoms with Crippen LogP contribution in [0.25, 0.3) is 0 Å². The molecule has 0 bridgehead atoms. The molecule has 2 amide bonds. The van der Waals surface area contributed by atoms with E-state index in [0.29, 0.717) is 4.31 Å². The second-order valence-corrected chi connectivity index (χ2v) is 13.0. The molecule has 1 atom stereocenters. The first kappa shape index (κ1) is 28.5. The molecule has 0 radical (unpaired) electrons. The zero-order valence-electron chi connectivity index (χ0n) is 21.7. The number of nitriles is 2. The van der Waals surface area contributed by atoms with E-state index >= 15 is 0 Å². The number of sulfone groups is 1. The Morgan fingerprint density at radius 2 is 1.60 bits per heavy atom. The predicted octanol–water partition coefficient (Wildman–Crippen LogP) is 4.91. The van der Waals surface area contributed by atoms with Crippen LogP contribution in [0, 0.1) is 29.6 Å². The minimum absolute atomic E-state index is 0.0110. The van der Waals surface area contributed by atoms with Crippen LogP contribution >= 0.6 is 0 Å². The van der Waals surface area contributed by atoms with Gasteiger partial charge in [0.2, 0.25) is 0 Å². The molecule has 0 saturated heterocycles. The van der Waals surface area contributed by atoms with Crippen LogP contribution in [0.2, 0.25) is 0 Å². The van der Waals surface area contributed by atoms with E-state index in [2.05, 4.69) is 0 Å². The number of allylic oxidation sites excluding steroid dienone is 1. The van der Waals surface area contributed by atoms with Gasteiger partial charge in [-0.25, -0.2) is 30.3 Å². The van der Waals surface area contributed by atoms with E-state index in [9.17, 15) is 36.5 Å². The zero-order chi connectivity index (χ0) is 29.4. The minimum Gasteiger partial charge on any atom is -0.265 e. The number of nitrogens with zero attached hydrogens (tertiary/aromatic N) is 4. The van der Waals surface area contributed by atoms with Gasteiger partial charge in [0, 0.05) is 12.0 Å². The number of carbonyl (C=O) groups is 1. The van der Waals surface area contributed by atoms with Gasteiger partial charge in [-0.1, -0.05) is 35.9 Å². The number of halogens is 1. The third-order valence-corrected chi connectivity index (χ3v) is 9.38. The van der Waals surface area contributed by atoms with Gasteiger partial charge in [0.1, 0.15) is 12.7 Å². The van der Waals surface area contributed by atoms with E-state index in [1.807, 2.05) is 12.1 Å². The summed E-state index contributed by atoms with van der Waals surface area (Å²) in [5.41, 5.74) is 0.726. The van der Waals surface area contributed by atoms with Crippen LogP contribution in [0.3, 0.4) is 0 Å². The highest BCUT2D eigenvalue weighted by Gasteiger charge is 2.48. The molecule has 12 heteroatoms. The van der Waals surface area contributed by atoms with Gasteiger partial charge in [0.05, 0.1) is 38.8 Å². The molecule has 40 heavy (non-hydrogen) atoms. The van der Waals surface area contributed by atoms with Gasteiger partial charge in [-0.15, -0.1) is 0 Å². The van der Waals surface area contributed by atoms with Crippen LogP contribution in [0.5, 0.6) is 0 Å². The normalized spacial score (nSPS) is 16.1. The molecular formula is C28H23FN4O5S2. The summed E-state index contributed by atoms with van der Waals surface area (Å²) >= 11 is 0. The number of amides is 2. The second-order valence-electron chi connectivity index (χ2n) is 9.19. The summed E-state index contributed by atoms with van der Waals surface area (Å²) in [5, 5.41) is 19.7. The fraction of sp³-hybridized carbons (Fsp3) is 0.179. The monoisotopic (exact) mass is 578 g/mol. The van der Waals surface area contributed by atoms with E-state index in [0.717, 1.165) is 22.8 Å². The Balaban J connectivity index is 2.11. The summed E-state index contributed by atoms with van der Waals surface area (Å²) in [6.45, 7) is 2.33. The van der Waals surface area contributed by atoms with Gasteiger partial charge in [0.15, 0.2) is 9.84 Å². The lowest BCUT2D eigenvalue weighted by Crippen LogP contribution is -2.52. The van der Waals surface area contributed by atoms with Crippen molar-refractivity contribution in [1.29, 1.82) is 10.5 Å². The molecule has 0 fully saturated rings. The third kappa shape index (κ3) is 4.95. The molecule has 0 N–H and O–H groups in total. The smallest absolute Gasteiger partial charge is 0.265 e. The zero-order valence-corrected chi connectivity index (χ0v) is 23.3. The highest BCUT2D eigenvalue weighted by atomic mass is 32.2. The largest absolute Gasteiger partial charge is 0.343 e. The van der Waals surface area contributed by atoms with Crippen molar-refractivity contribution in [2.75, 3.05) is 11.2 Å². The number of alkyl halides is 1. The van der Waals surface area contributed by atoms with Gasteiger partial charge >= 0.3 is 6.03 Å². The molecule has 0 aromatic heterocycles. The van der Waals surface area contributed by atoms with Gasteiger partial charge in [0.25, 0.3) is 10.0 Å². The SMILES string of the molecule is CC1=C(C#N)[C@@H](c2ccc(C#N)cc2S(C)(=O)=O)N(S(=O)(=O)c2ccc(C)cc2)C(=O)N1c1cccc(CF)c1. The minimum atomic E-state index is -4.70. The lowest BCUT2D eigenvalue weighted by molar-refractivity contribution is 0.220. The number of anilines is 1. The van der Waals surface area contributed by atoms with Crippen molar-refractivity contribution in [3.63, 3.8) is 0 Å². The highest BCUT2D eigenvalue weighted by molar-refractivity contribution is 7.91. The standard InChI is InChI=1S/C28H23FN4O5S2/c1-18-7-10-23(11-8-18)40(37,38)33-27(24-12-9-21(16-30)14-26(24)39(3,35)36)25(17-31)19(2)32(28(33)34)22-6-4-5-20(13-22)15-29/h4-14,27H,15H2,1-3H3/t27-/m1/s1. The van der Waals surface area contributed by atoms with Crippen molar-refractivity contribution in [3.05, 3.63) is 100 Å². The number of hydrogen-bond acceptors (Lipinski definition) is 7. The second kappa shape index (κ2) is 10.6. The molecule has 4 rings (SSSR count). The van der Waals surface area contributed by atoms with Crippen LogP contribution < -0.4 is 4.90 Å². The number of carbonyl (C=O) groups excluding carboxylic acids is 1. The summed E-state index contributed by atoms with van der Waals surface area (Å²) in [4.78, 5) is 14.5. The predicted molar refractivity (Wildman–Crippen MR) is 145 cm³/mol. The van der Waals surface area contributed by atoms with Crippen molar-refractivity contribution in [3.8, 4) is 12.1 Å². The lowest BCUT2D eigenvalue weighted by atomic mass is 9.94. The first-order chi connectivity index (χ1) is 18.8. The van der Waals surface area contributed by atoms with Crippen LogP contribution in [-0.2, 0) is 26.5 Å². The number of benzene rings is 3. The summed E-state index contributed by atoms with van der Waals surface area (Å²) < 4.78 is 67.9. The number of aryl methyl sites for hydroxylation is 1. The average Bonchev–Trinajstić information content (AvgIpc) is 2.92.